The molecule has 0 saturated carbocycles. The number of aryl methyl sites for hydroxylation is 1. The second-order valence-electron chi connectivity index (χ2n) is 8.90. The summed E-state index contributed by atoms with van der Waals surface area (Å²) in [6, 6.07) is 19.1. The molecule has 1 aliphatic rings. The van der Waals surface area contributed by atoms with E-state index in [2.05, 4.69) is 17.9 Å². The van der Waals surface area contributed by atoms with Gasteiger partial charge in [0.25, 0.3) is 5.56 Å². The van der Waals surface area contributed by atoms with E-state index in [-0.39, 0.29) is 11.4 Å². The molecule has 0 N–H and O–H groups in total. The van der Waals surface area contributed by atoms with Gasteiger partial charge in [-0.3, -0.25) is 14.3 Å². The van der Waals surface area contributed by atoms with Gasteiger partial charge in [0, 0.05) is 25.2 Å². The first-order chi connectivity index (χ1) is 17.0. The van der Waals surface area contributed by atoms with E-state index in [1.54, 1.807) is 34.9 Å². The highest BCUT2D eigenvalue weighted by Gasteiger charge is 2.18. The number of halogens is 1. The Kier molecular flexibility index (Phi) is 6.47. The lowest BCUT2D eigenvalue weighted by Gasteiger charge is -2.27. The smallest absolute Gasteiger partial charge is 0.262 e. The van der Waals surface area contributed by atoms with E-state index in [1.165, 1.54) is 17.7 Å². The number of hydrogen-bond acceptors (Lipinski definition) is 4. The Labute approximate surface area is 204 Å². The molecule has 35 heavy (non-hydrogen) atoms. The fraction of sp³-hybridized carbons (Fsp3) is 0.241. The number of ether oxygens (including phenoxy) is 1. The lowest BCUT2D eigenvalue weighted by atomic mass is 10.1. The number of nitrogens with zero attached hydrogens (tertiary/aromatic N) is 3. The largest absolute Gasteiger partial charge is 0.457 e. The third-order valence-electron chi connectivity index (χ3n) is 6.47. The summed E-state index contributed by atoms with van der Waals surface area (Å²) in [7, 11) is 0. The van der Waals surface area contributed by atoms with E-state index in [9.17, 15) is 9.18 Å². The van der Waals surface area contributed by atoms with Crippen LogP contribution in [0.1, 0.15) is 18.9 Å². The van der Waals surface area contributed by atoms with E-state index >= 15 is 0 Å². The summed E-state index contributed by atoms with van der Waals surface area (Å²) in [6.07, 6.45) is 3.23. The van der Waals surface area contributed by atoms with Crippen molar-refractivity contribution >= 4 is 10.9 Å². The van der Waals surface area contributed by atoms with Crippen molar-refractivity contribution < 1.29 is 9.13 Å². The van der Waals surface area contributed by atoms with Crippen molar-refractivity contribution in [2.45, 2.75) is 26.8 Å². The van der Waals surface area contributed by atoms with Crippen molar-refractivity contribution in [3.8, 4) is 22.9 Å². The van der Waals surface area contributed by atoms with E-state index in [1.807, 2.05) is 31.2 Å². The molecular weight excluding hydrogens is 441 g/mol. The van der Waals surface area contributed by atoms with Gasteiger partial charge in [0.1, 0.15) is 23.1 Å². The predicted molar refractivity (Wildman–Crippen MR) is 137 cm³/mol. The van der Waals surface area contributed by atoms with Gasteiger partial charge in [-0.25, -0.2) is 9.37 Å². The lowest BCUT2D eigenvalue weighted by molar-refractivity contribution is 0.300. The summed E-state index contributed by atoms with van der Waals surface area (Å²) < 4.78 is 20.9. The third-order valence-corrected chi connectivity index (χ3v) is 6.47. The Morgan fingerprint density at radius 3 is 2.57 bits per heavy atom. The first kappa shape index (κ1) is 23.0. The van der Waals surface area contributed by atoms with Crippen LogP contribution in [0.5, 0.6) is 11.5 Å². The molecule has 0 spiro atoms. The van der Waals surface area contributed by atoms with Gasteiger partial charge < -0.3 is 4.74 Å². The molecule has 4 aromatic rings. The van der Waals surface area contributed by atoms with Crippen molar-refractivity contribution in [3.05, 3.63) is 100 Å². The normalized spacial score (nSPS) is 14.2. The average molecular weight is 470 g/mol. The molecule has 0 amide bonds. The Hall–Kier alpha value is -3.77. The van der Waals surface area contributed by atoms with Gasteiger partial charge in [0.05, 0.1) is 10.9 Å². The number of aromatic nitrogens is 2. The Morgan fingerprint density at radius 2 is 1.80 bits per heavy atom. The minimum atomic E-state index is -0.328. The third kappa shape index (κ3) is 4.88. The van der Waals surface area contributed by atoms with Crippen LogP contribution in [0.4, 0.5) is 4.39 Å². The van der Waals surface area contributed by atoms with Gasteiger partial charge in [-0.15, -0.1) is 0 Å². The molecule has 1 aliphatic heterocycles. The zero-order chi connectivity index (χ0) is 24.4. The Morgan fingerprint density at radius 1 is 1.03 bits per heavy atom. The molecule has 2 heterocycles. The van der Waals surface area contributed by atoms with Crippen molar-refractivity contribution in [2.75, 3.05) is 19.6 Å². The Bertz CT molecular complexity index is 1460. The quantitative estimate of drug-likeness (QED) is 0.327. The number of rotatable bonds is 6. The molecule has 0 bridgehead atoms. The van der Waals surface area contributed by atoms with Crippen LogP contribution in [0.25, 0.3) is 22.3 Å². The maximum Gasteiger partial charge on any atom is 0.262 e. The lowest BCUT2D eigenvalue weighted by Crippen LogP contribution is -2.33. The number of likely N-dealkylation sites (N-methyl/N-ethyl adjacent to an activating group) is 1. The number of hydrogen-bond donors (Lipinski definition) is 0. The van der Waals surface area contributed by atoms with Gasteiger partial charge >= 0.3 is 0 Å². The standard InChI is InChI=1S/C29H28FN3O2/c1-3-32-16-6-8-21(18-32)19-33-28(25-9-5-4-7-20(25)2)31-27-15-14-24(17-26(27)29(33)34)35-23-12-10-22(30)11-13-23/h4-5,7-15,17H,3,6,16,18-19H2,1-2H3. The maximum atomic E-state index is 13.9. The molecule has 5 rings (SSSR count). The van der Waals surface area contributed by atoms with E-state index in [0.29, 0.717) is 34.8 Å². The molecule has 6 heteroatoms. The average Bonchev–Trinajstić information content (AvgIpc) is 2.88. The highest BCUT2D eigenvalue weighted by atomic mass is 19.1. The van der Waals surface area contributed by atoms with E-state index in [0.717, 1.165) is 37.2 Å². The molecule has 0 radical (unpaired) electrons. The predicted octanol–water partition coefficient (Wildman–Crippen LogP) is 5.96. The summed E-state index contributed by atoms with van der Waals surface area (Å²) in [5.74, 6) is 1.35. The molecule has 178 valence electrons. The van der Waals surface area contributed by atoms with Crippen molar-refractivity contribution in [3.63, 3.8) is 0 Å². The van der Waals surface area contributed by atoms with Crippen molar-refractivity contribution in [1.29, 1.82) is 0 Å². The maximum absolute atomic E-state index is 13.9. The zero-order valence-corrected chi connectivity index (χ0v) is 20.0. The molecule has 0 atom stereocenters. The minimum Gasteiger partial charge on any atom is -0.457 e. The van der Waals surface area contributed by atoms with Gasteiger partial charge in [-0.1, -0.05) is 37.3 Å². The molecule has 0 unspecified atom stereocenters. The molecular formula is C29H28FN3O2. The summed E-state index contributed by atoms with van der Waals surface area (Å²) in [6.45, 7) is 7.56. The van der Waals surface area contributed by atoms with Crippen molar-refractivity contribution in [2.24, 2.45) is 0 Å². The minimum absolute atomic E-state index is 0.104. The van der Waals surface area contributed by atoms with Crippen LogP contribution in [-0.4, -0.2) is 34.1 Å². The van der Waals surface area contributed by atoms with Gasteiger partial charge in [0.15, 0.2) is 0 Å². The fourth-order valence-corrected chi connectivity index (χ4v) is 4.55. The summed E-state index contributed by atoms with van der Waals surface area (Å²) in [5, 5.41) is 0.491. The van der Waals surface area contributed by atoms with Crippen molar-refractivity contribution in [1.82, 2.24) is 14.5 Å². The van der Waals surface area contributed by atoms with Crippen LogP contribution in [0.15, 0.2) is 83.2 Å². The molecule has 0 saturated heterocycles. The van der Waals surface area contributed by atoms with E-state index < -0.39 is 0 Å². The SMILES string of the molecule is CCN1CCC=C(Cn2c(-c3ccccc3C)nc3ccc(Oc4ccc(F)cc4)cc3c2=O)C1. The number of fused-ring (bicyclic) bond motifs is 1. The van der Waals surface area contributed by atoms with Crippen LogP contribution in [0.2, 0.25) is 0 Å². The molecule has 3 aromatic carbocycles. The molecule has 5 nitrogen and oxygen atoms in total. The molecule has 1 aromatic heterocycles. The highest BCUT2D eigenvalue weighted by molar-refractivity contribution is 5.81. The first-order valence-electron chi connectivity index (χ1n) is 12.0. The van der Waals surface area contributed by atoms with Gasteiger partial charge in [-0.2, -0.15) is 0 Å². The molecule has 0 fully saturated rings. The summed E-state index contributed by atoms with van der Waals surface area (Å²) in [5.41, 5.74) is 3.74. The van der Waals surface area contributed by atoms with Crippen LogP contribution in [0, 0.1) is 12.7 Å². The van der Waals surface area contributed by atoms with Crippen LogP contribution in [0.3, 0.4) is 0 Å². The Balaban J connectivity index is 1.61. The van der Waals surface area contributed by atoms with E-state index in [4.69, 9.17) is 9.72 Å². The second kappa shape index (κ2) is 9.84. The molecule has 0 aliphatic carbocycles. The summed E-state index contributed by atoms with van der Waals surface area (Å²) >= 11 is 0. The number of benzene rings is 3. The second-order valence-corrected chi connectivity index (χ2v) is 8.90. The van der Waals surface area contributed by atoms with Crippen LogP contribution >= 0.6 is 0 Å². The topological polar surface area (TPSA) is 47.4 Å². The van der Waals surface area contributed by atoms with Crippen LogP contribution < -0.4 is 10.3 Å². The summed E-state index contributed by atoms with van der Waals surface area (Å²) in [4.78, 5) is 21.2. The fourth-order valence-electron chi connectivity index (χ4n) is 4.55. The van der Waals surface area contributed by atoms with Gasteiger partial charge in [0.2, 0.25) is 0 Å². The zero-order valence-electron chi connectivity index (χ0n) is 20.0. The van der Waals surface area contributed by atoms with Gasteiger partial charge in [-0.05, 0) is 73.5 Å². The monoisotopic (exact) mass is 469 g/mol. The first-order valence-corrected chi connectivity index (χ1v) is 12.0. The van der Waals surface area contributed by atoms with Crippen LogP contribution in [-0.2, 0) is 6.54 Å². The highest BCUT2D eigenvalue weighted by Crippen LogP contribution is 2.27.